The van der Waals surface area contributed by atoms with E-state index in [2.05, 4.69) is 32.3 Å². The van der Waals surface area contributed by atoms with Crippen LogP contribution in [0.5, 0.6) is 0 Å². The van der Waals surface area contributed by atoms with Crippen LogP contribution >= 0.6 is 0 Å². The highest BCUT2D eigenvalue weighted by Gasteiger charge is 2.50. The topological polar surface area (TPSA) is 21.7 Å². The molecule has 3 nitrogen and oxygen atoms in total. The first kappa shape index (κ1) is 18.1. The van der Waals surface area contributed by atoms with Crippen LogP contribution in [0.15, 0.2) is 0 Å². The maximum absolute atomic E-state index is 6.13. The molecule has 1 fully saturated rings. The van der Waals surface area contributed by atoms with Gasteiger partial charge in [-0.1, -0.05) is 47.0 Å². The van der Waals surface area contributed by atoms with Crippen LogP contribution in [-0.4, -0.2) is 40.6 Å². The minimum atomic E-state index is -2.26. The van der Waals surface area contributed by atoms with Gasteiger partial charge >= 0.3 is 8.72 Å². The van der Waals surface area contributed by atoms with Crippen molar-refractivity contribution in [2.45, 2.75) is 65.3 Å². The molecule has 0 saturated heterocycles. The largest absolute Gasteiger partial charge is 0.430 e. The van der Waals surface area contributed by atoms with E-state index in [9.17, 15) is 0 Å². The van der Waals surface area contributed by atoms with E-state index >= 15 is 0 Å². The molecule has 0 heterocycles. The van der Waals surface area contributed by atoms with E-state index in [1.54, 1.807) is 0 Å². The Morgan fingerprint density at radius 3 is 1.70 bits per heavy atom. The Kier molecular flexibility index (Phi) is 7.73. The standard InChI is InChI=1S/C16H35NO2Si/c1-14(2)12-17(13-15(3)4)20(18-5,19-6)16-10-8-7-9-11-16/h14-16H,7-13H2,1-6H3. The molecule has 0 unspecified atom stereocenters. The predicted molar refractivity (Wildman–Crippen MR) is 87.9 cm³/mol. The summed E-state index contributed by atoms with van der Waals surface area (Å²) in [4.78, 5) is 0. The van der Waals surface area contributed by atoms with Gasteiger partial charge < -0.3 is 8.85 Å². The van der Waals surface area contributed by atoms with Crippen LogP contribution in [0.4, 0.5) is 0 Å². The van der Waals surface area contributed by atoms with E-state index < -0.39 is 8.72 Å². The summed E-state index contributed by atoms with van der Waals surface area (Å²) in [6.45, 7) is 11.3. The quantitative estimate of drug-likeness (QED) is 0.628. The molecular formula is C16H35NO2Si. The van der Waals surface area contributed by atoms with Crippen molar-refractivity contribution in [2.24, 2.45) is 11.8 Å². The van der Waals surface area contributed by atoms with Crippen LogP contribution in [0.2, 0.25) is 5.54 Å². The molecule has 0 aromatic heterocycles. The Labute approximate surface area is 127 Å². The van der Waals surface area contributed by atoms with Crippen molar-refractivity contribution in [3.63, 3.8) is 0 Å². The summed E-state index contributed by atoms with van der Waals surface area (Å²) >= 11 is 0. The zero-order valence-electron chi connectivity index (χ0n) is 14.4. The predicted octanol–water partition coefficient (Wildman–Crippen LogP) is 4.17. The van der Waals surface area contributed by atoms with Crippen molar-refractivity contribution in [2.75, 3.05) is 27.3 Å². The monoisotopic (exact) mass is 301 g/mol. The minimum absolute atomic E-state index is 0.628. The van der Waals surface area contributed by atoms with Gasteiger partial charge in [0.25, 0.3) is 0 Å². The maximum atomic E-state index is 6.13. The third-order valence-corrected chi connectivity index (χ3v) is 8.34. The molecule has 0 spiro atoms. The van der Waals surface area contributed by atoms with Crippen LogP contribution in [0.3, 0.4) is 0 Å². The number of rotatable bonds is 8. The molecule has 0 atom stereocenters. The second-order valence-corrected chi connectivity index (χ2v) is 10.6. The van der Waals surface area contributed by atoms with Gasteiger partial charge in [0.1, 0.15) is 0 Å². The second-order valence-electron chi connectivity index (χ2n) is 7.07. The molecular weight excluding hydrogens is 266 g/mol. The van der Waals surface area contributed by atoms with Crippen LogP contribution < -0.4 is 0 Å². The molecule has 0 aromatic carbocycles. The summed E-state index contributed by atoms with van der Waals surface area (Å²) in [7, 11) is 1.48. The molecule has 0 radical (unpaired) electrons. The highest BCUT2D eigenvalue weighted by molar-refractivity contribution is 6.66. The van der Waals surface area contributed by atoms with Gasteiger partial charge in [0, 0.05) is 19.8 Å². The van der Waals surface area contributed by atoms with Crippen molar-refractivity contribution in [1.29, 1.82) is 0 Å². The first-order chi connectivity index (χ1) is 9.46. The molecule has 4 heteroatoms. The summed E-state index contributed by atoms with van der Waals surface area (Å²) in [6, 6.07) is 0. The van der Waals surface area contributed by atoms with E-state index in [-0.39, 0.29) is 0 Å². The van der Waals surface area contributed by atoms with E-state index in [1.807, 2.05) is 14.2 Å². The number of nitrogens with zero attached hydrogens (tertiary/aromatic N) is 1. The zero-order chi connectivity index (χ0) is 15.2. The van der Waals surface area contributed by atoms with Gasteiger partial charge in [-0.3, -0.25) is 4.57 Å². The lowest BCUT2D eigenvalue weighted by Crippen LogP contribution is -2.62. The summed E-state index contributed by atoms with van der Waals surface area (Å²) in [5.41, 5.74) is 0.628. The molecule has 0 N–H and O–H groups in total. The van der Waals surface area contributed by atoms with Crippen LogP contribution in [-0.2, 0) is 8.85 Å². The van der Waals surface area contributed by atoms with E-state index in [0.29, 0.717) is 17.4 Å². The highest BCUT2D eigenvalue weighted by atomic mass is 28.4. The average Bonchev–Trinajstić information content (AvgIpc) is 2.40. The molecule has 1 aliphatic carbocycles. The smallest absolute Gasteiger partial charge is 0.386 e. The third kappa shape index (κ3) is 4.55. The van der Waals surface area contributed by atoms with Crippen LogP contribution in [0, 0.1) is 11.8 Å². The zero-order valence-corrected chi connectivity index (χ0v) is 15.4. The van der Waals surface area contributed by atoms with Gasteiger partial charge in [-0.15, -0.1) is 0 Å². The molecule has 0 aromatic rings. The summed E-state index contributed by atoms with van der Waals surface area (Å²) < 4.78 is 14.8. The molecule has 1 saturated carbocycles. The lowest BCUT2D eigenvalue weighted by molar-refractivity contribution is 0.127. The molecule has 0 amide bonds. The minimum Gasteiger partial charge on any atom is -0.386 e. The number of hydrogen-bond acceptors (Lipinski definition) is 3. The summed E-state index contributed by atoms with van der Waals surface area (Å²) in [5, 5.41) is 0. The SMILES string of the molecule is CO[Si](OC)(C1CCCCC1)N(CC(C)C)CC(C)C. The van der Waals surface area contributed by atoms with Crippen molar-refractivity contribution >= 4 is 8.72 Å². The first-order valence-corrected chi connectivity index (χ1v) is 10.2. The third-order valence-electron chi connectivity index (χ3n) is 4.32. The second kappa shape index (κ2) is 8.52. The fourth-order valence-electron chi connectivity index (χ4n) is 3.61. The Morgan fingerprint density at radius 2 is 1.35 bits per heavy atom. The fraction of sp³-hybridized carbons (Fsp3) is 1.00. The maximum Gasteiger partial charge on any atom is 0.430 e. The molecule has 120 valence electrons. The molecule has 0 aliphatic heterocycles. The Morgan fingerprint density at radius 1 is 0.900 bits per heavy atom. The molecule has 1 rings (SSSR count). The van der Waals surface area contributed by atoms with Crippen molar-refractivity contribution in [3.05, 3.63) is 0 Å². The summed E-state index contributed by atoms with van der Waals surface area (Å²) in [6.07, 6.45) is 6.61. The van der Waals surface area contributed by atoms with E-state index in [4.69, 9.17) is 8.85 Å². The molecule has 20 heavy (non-hydrogen) atoms. The lowest BCUT2D eigenvalue weighted by atomic mass is 10.0. The van der Waals surface area contributed by atoms with Crippen molar-refractivity contribution in [3.8, 4) is 0 Å². The van der Waals surface area contributed by atoms with E-state index in [1.165, 1.54) is 32.1 Å². The normalized spacial score (nSPS) is 18.4. The van der Waals surface area contributed by atoms with E-state index in [0.717, 1.165) is 13.1 Å². The summed E-state index contributed by atoms with van der Waals surface area (Å²) in [5.74, 6) is 1.30. The average molecular weight is 302 g/mol. The van der Waals surface area contributed by atoms with Gasteiger partial charge in [0.05, 0.1) is 0 Å². The van der Waals surface area contributed by atoms with Gasteiger partial charge in [0.2, 0.25) is 0 Å². The van der Waals surface area contributed by atoms with Crippen molar-refractivity contribution < 1.29 is 8.85 Å². The van der Waals surface area contributed by atoms with Gasteiger partial charge in [-0.05, 0) is 37.8 Å². The van der Waals surface area contributed by atoms with Gasteiger partial charge in [-0.2, -0.15) is 0 Å². The molecule has 1 aliphatic rings. The number of hydrogen-bond donors (Lipinski definition) is 0. The van der Waals surface area contributed by atoms with Crippen molar-refractivity contribution in [1.82, 2.24) is 4.57 Å². The molecule has 0 bridgehead atoms. The lowest BCUT2D eigenvalue weighted by Gasteiger charge is -2.45. The van der Waals surface area contributed by atoms with Gasteiger partial charge in [0.15, 0.2) is 0 Å². The fourth-order valence-corrected chi connectivity index (χ4v) is 7.85. The first-order valence-electron chi connectivity index (χ1n) is 8.31. The Bertz CT molecular complexity index is 251. The highest BCUT2D eigenvalue weighted by Crippen LogP contribution is 2.40. The Hall–Kier alpha value is 0.0969. The van der Waals surface area contributed by atoms with Crippen LogP contribution in [0.1, 0.15) is 59.8 Å². The Balaban J connectivity index is 2.96. The van der Waals surface area contributed by atoms with Gasteiger partial charge in [-0.25, -0.2) is 0 Å². The van der Waals surface area contributed by atoms with Crippen LogP contribution in [0.25, 0.3) is 0 Å².